The van der Waals surface area contributed by atoms with Crippen molar-refractivity contribution in [2.45, 2.75) is 90.5 Å². The Hall–Kier alpha value is -0.353. The van der Waals surface area contributed by atoms with Gasteiger partial charge in [-0.2, -0.15) is 0 Å². The van der Waals surface area contributed by atoms with Gasteiger partial charge in [-0.3, -0.25) is 4.79 Å². The third kappa shape index (κ3) is 8.62. The molecule has 0 aliphatic carbocycles. The lowest BCUT2D eigenvalue weighted by molar-refractivity contribution is -0.140. The summed E-state index contributed by atoms with van der Waals surface area (Å²) in [4.78, 5) is 11.7. The molecule has 0 saturated carbocycles. The Morgan fingerprint density at radius 2 is 1.52 bits per heavy atom. The number of carboxylic acid groups (broad SMARTS) is 1. The Morgan fingerprint density at radius 3 is 1.86 bits per heavy atom. The van der Waals surface area contributed by atoms with Gasteiger partial charge in [-0.25, -0.2) is 0 Å². The first-order valence-electron chi connectivity index (χ1n) is 8.73. The van der Waals surface area contributed by atoms with E-state index in [2.05, 4.69) is 20.8 Å². The van der Waals surface area contributed by atoms with E-state index in [0.29, 0.717) is 0 Å². The summed E-state index contributed by atoms with van der Waals surface area (Å²) in [5.74, 6) is -0.642. The van der Waals surface area contributed by atoms with Gasteiger partial charge in [0.2, 0.25) is 0 Å². The van der Waals surface area contributed by atoms with Crippen molar-refractivity contribution in [3.05, 3.63) is 0 Å². The molecule has 3 nitrogen and oxygen atoms in total. The van der Waals surface area contributed by atoms with Gasteiger partial charge < -0.3 is 9.53 Å². The predicted octanol–water partition coefficient (Wildman–Crippen LogP) is 4.54. The van der Waals surface area contributed by atoms with Crippen LogP contribution in [0.15, 0.2) is 0 Å². The molecule has 0 fully saturated rings. The summed E-state index contributed by atoms with van der Waals surface area (Å²) >= 11 is 0. The van der Waals surface area contributed by atoms with Crippen molar-refractivity contribution in [2.24, 2.45) is 5.41 Å². The highest BCUT2D eigenvalue weighted by Gasteiger charge is 2.38. The maximum Gasteiger partial charge on any atom is 0.306 e. The molecule has 0 aromatic carbocycles. The number of hydrogen-bond donors (Lipinski definition) is 1. The second kappa shape index (κ2) is 12.2. The zero-order valence-corrected chi connectivity index (χ0v) is 16.0. The molecular formula is C17H36O3Si. The van der Waals surface area contributed by atoms with Gasteiger partial charge in [-0.1, -0.05) is 72.1 Å². The highest BCUT2D eigenvalue weighted by molar-refractivity contribution is 6.37. The van der Waals surface area contributed by atoms with Crippen LogP contribution in [0.4, 0.5) is 0 Å². The number of hydrogen-bond acceptors (Lipinski definition) is 2. The van der Waals surface area contributed by atoms with E-state index < -0.39 is 15.7 Å². The number of carbonyl (C=O) groups is 1. The lowest BCUT2D eigenvalue weighted by Crippen LogP contribution is -2.33. The van der Waals surface area contributed by atoms with E-state index in [1.807, 2.05) is 0 Å². The minimum absolute atomic E-state index is 0.0739. The number of unbranched alkanes of at least 4 members (excludes halogenated alkanes) is 6. The lowest BCUT2D eigenvalue weighted by atomic mass is 9.76. The molecule has 0 heterocycles. The molecule has 1 unspecified atom stereocenters. The summed E-state index contributed by atoms with van der Waals surface area (Å²) in [6.07, 6.45) is 11.8. The largest absolute Gasteiger partial charge is 0.481 e. The number of rotatable bonds is 14. The molecule has 0 bridgehead atoms. The molecule has 0 spiro atoms. The first-order chi connectivity index (χ1) is 10.0. The fourth-order valence-corrected chi connectivity index (χ4v) is 4.41. The zero-order chi connectivity index (χ0) is 16.1. The molecule has 0 rings (SSSR count). The Balaban J connectivity index is 4.64. The smallest absolute Gasteiger partial charge is 0.306 e. The summed E-state index contributed by atoms with van der Waals surface area (Å²) in [5, 5.41) is 9.60. The molecule has 21 heavy (non-hydrogen) atoms. The first-order valence-corrected chi connectivity index (χ1v) is 10.1. The van der Waals surface area contributed by atoms with Crippen molar-refractivity contribution in [3.8, 4) is 0 Å². The molecule has 0 aliphatic heterocycles. The minimum Gasteiger partial charge on any atom is -0.481 e. The summed E-state index contributed by atoms with van der Waals surface area (Å²) in [6.45, 7) is 6.61. The fraction of sp³-hybridized carbons (Fsp3) is 0.941. The summed E-state index contributed by atoms with van der Waals surface area (Å²) in [7, 11) is 0.669. The molecule has 0 aliphatic rings. The maximum absolute atomic E-state index is 11.7. The van der Waals surface area contributed by atoms with Gasteiger partial charge in [-0.05, 0) is 18.3 Å². The van der Waals surface area contributed by atoms with E-state index in [0.717, 1.165) is 25.7 Å². The number of carboxylic acids is 1. The number of aliphatic carboxylic acids is 1. The van der Waals surface area contributed by atoms with Crippen molar-refractivity contribution >= 4 is 15.7 Å². The van der Waals surface area contributed by atoms with Crippen LogP contribution < -0.4 is 0 Å². The summed E-state index contributed by atoms with van der Waals surface area (Å²) in [6, 6.07) is 0. The summed E-state index contributed by atoms with van der Waals surface area (Å²) in [5.41, 5.74) is -0.319. The van der Waals surface area contributed by atoms with Crippen LogP contribution >= 0.6 is 0 Å². The molecule has 1 N–H and O–H groups in total. The van der Waals surface area contributed by atoms with E-state index in [-0.39, 0.29) is 11.0 Å². The summed E-state index contributed by atoms with van der Waals surface area (Å²) < 4.78 is 5.32. The second-order valence-electron chi connectivity index (χ2n) is 6.62. The van der Waals surface area contributed by atoms with E-state index in [4.69, 9.17) is 4.43 Å². The highest BCUT2D eigenvalue weighted by Crippen LogP contribution is 2.42. The average molecular weight is 317 g/mol. The Bertz CT molecular complexity index is 257. The molecule has 4 heteroatoms. The molecule has 0 aromatic rings. The van der Waals surface area contributed by atoms with E-state index in [1.54, 1.807) is 7.11 Å². The van der Waals surface area contributed by atoms with Gasteiger partial charge in [0.1, 0.15) is 0 Å². The van der Waals surface area contributed by atoms with Crippen LogP contribution in [0.2, 0.25) is 5.54 Å². The van der Waals surface area contributed by atoms with Gasteiger partial charge in [0.15, 0.2) is 9.76 Å². The van der Waals surface area contributed by atoms with Crippen LogP contribution in [0.25, 0.3) is 0 Å². The highest BCUT2D eigenvalue weighted by atomic mass is 28.2. The lowest BCUT2D eigenvalue weighted by Gasteiger charge is -2.35. The third-order valence-corrected chi connectivity index (χ3v) is 6.68. The quantitative estimate of drug-likeness (QED) is 0.378. The normalized spacial score (nSPS) is 13.9. The molecular weight excluding hydrogens is 280 g/mol. The van der Waals surface area contributed by atoms with Crippen LogP contribution in [0.5, 0.6) is 0 Å². The van der Waals surface area contributed by atoms with Crippen molar-refractivity contribution in [1.29, 1.82) is 0 Å². The van der Waals surface area contributed by atoms with Gasteiger partial charge in [0.05, 0.1) is 5.54 Å². The van der Waals surface area contributed by atoms with Crippen LogP contribution in [-0.2, 0) is 9.22 Å². The predicted molar refractivity (Wildman–Crippen MR) is 92.6 cm³/mol. The van der Waals surface area contributed by atoms with E-state index in [9.17, 15) is 9.90 Å². The SMILES string of the molecule is CCCCCCC(C)(CCCCCC)C([SiH2]OC)C(=O)O. The molecule has 1 atom stereocenters. The molecule has 0 amide bonds. The first kappa shape index (κ1) is 20.6. The molecule has 126 valence electrons. The maximum atomic E-state index is 11.7. The van der Waals surface area contributed by atoms with Crippen LogP contribution in [-0.4, -0.2) is 27.9 Å². The van der Waals surface area contributed by atoms with Crippen molar-refractivity contribution < 1.29 is 14.3 Å². The molecule has 0 radical (unpaired) electrons. The Labute approximate surface area is 133 Å². The zero-order valence-electron chi connectivity index (χ0n) is 14.6. The van der Waals surface area contributed by atoms with Crippen molar-refractivity contribution in [3.63, 3.8) is 0 Å². The van der Waals surface area contributed by atoms with Crippen molar-refractivity contribution in [1.82, 2.24) is 0 Å². The van der Waals surface area contributed by atoms with Gasteiger partial charge in [0.25, 0.3) is 0 Å². The Kier molecular flexibility index (Phi) is 12.0. The van der Waals surface area contributed by atoms with Crippen molar-refractivity contribution in [2.75, 3.05) is 7.11 Å². The standard InChI is InChI=1S/C17H36O3Si/c1-5-7-9-11-13-17(3,14-12-10-8-6-2)15(16(18)19)21-20-4/h15H,5-14,21H2,1-4H3,(H,18,19). The van der Waals surface area contributed by atoms with Gasteiger partial charge >= 0.3 is 5.97 Å². The minimum atomic E-state index is -0.994. The average Bonchev–Trinajstić information content (AvgIpc) is 2.45. The molecule has 0 saturated heterocycles. The van der Waals surface area contributed by atoms with E-state index >= 15 is 0 Å². The van der Waals surface area contributed by atoms with Crippen LogP contribution in [0, 0.1) is 5.41 Å². The molecule has 0 aromatic heterocycles. The van der Waals surface area contributed by atoms with E-state index in [1.165, 1.54) is 38.5 Å². The third-order valence-electron chi connectivity index (χ3n) is 4.68. The monoisotopic (exact) mass is 316 g/mol. The second-order valence-corrected chi connectivity index (χ2v) is 8.35. The Morgan fingerprint density at radius 1 is 1.05 bits per heavy atom. The fourth-order valence-electron chi connectivity index (χ4n) is 3.12. The van der Waals surface area contributed by atoms with Crippen LogP contribution in [0.3, 0.4) is 0 Å². The van der Waals surface area contributed by atoms with Gasteiger partial charge in [0, 0.05) is 7.11 Å². The topological polar surface area (TPSA) is 46.5 Å². The van der Waals surface area contributed by atoms with Gasteiger partial charge in [-0.15, -0.1) is 0 Å². The van der Waals surface area contributed by atoms with Crippen LogP contribution in [0.1, 0.15) is 85.0 Å².